The number of carbonyl (C=O) groups is 1. The van der Waals surface area contributed by atoms with E-state index < -0.39 is 23.6 Å². The molecule has 0 amide bonds. The highest BCUT2D eigenvalue weighted by Gasteiger charge is 2.39. The average Bonchev–Trinajstić information content (AvgIpc) is 2.74. The lowest BCUT2D eigenvalue weighted by atomic mass is 9.84. The molecule has 1 heterocycles. The van der Waals surface area contributed by atoms with Gasteiger partial charge in [-0.2, -0.15) is 13.2 Å². The van der Waals surface area contributed by atoms with Gasteiger partial charge in [0.05, 0.1) is 30.2 Å². The number of allylic oxidation sites excluding steroid dienone is 2. The van der Waals surface area contributed by atoms with Crippen LogP contribution in [0.2, 0.25) is 0 Å². The van der Waals surface area contributed by atoms with Crippen molar-refractivity contribution in [1.29, 1.82) is 0 Å². The van der Waals surface area contributed by atoms with Crippen LogP contribution in [0.25, 0.3) is 4.85 Å². The number of anilines is 1. The molecule has 0 radical (unpaired) electrons. The lowest BCUT2D eigenvalue weighted by molar-refractivity contribution is -0.139. The van der Waals surface area contributed by atoms with Crippen LogP contribution in [0.1, 0.15) is 30.9 Å². The maximum Gasteiger partial charge on any atom is 0.416 e. The number of ether oxygens (including phenoxy) is 1. The molecule has 1 aliphatic rings. The highest BCUT2D eigenvalue weighted by molar-refractivity contribution is 9.10. The highest BCUT2D eigenvalue weighted by atomic mass is 79.9. The van der Waals surface area contributed by atoms with Gasteiger partial charge in [-0.25, -0.2) is 9.64 Å². The van der Waals surface area contributed by atoms with Gasteiger partial charge in [-0.1, -0.05) is 34.1 Å². The Morgan fingerprint density at radius 3 is 2.47 bits per heavy atom. The summed E-state index contributed by atoms with van der Waals surface area (Å²) in [4.78, 5) is 17.9. The molecule has 166 valence electrons. The summed E-state index contributed by atoms with van der Waals surface area (Å²) in [6.45, 7) is 11.1. The maximum absolute atomic E-state index is 13.3. The molecule has 5 nitrogen and oxygen atoms in total. The Morgan fingerprint density at radius 2 is 1.91 bits per heavy atom. The molecule has 1 aliphatic heterocycles. The Hall–Kier alpha value is -3.25. The molecule has 0 saturated carbocycles. The third-order valence-corrected chi connectivity index (χ3v) is 5.56. The zero-order chi connectivity index (χ0) is 23.6. The number of alkyl halides is 3. The number of carbonyl (C=O) groups excluding carboxylic acids is 1. The molecule has 9 heteroatoms. The smallest absolute Gasteiger partial charge is 0.416 e. The van der Waals surface area contributed by atoms with Gasteiger partial charge >= 0.3 is 12.1 Å². The van der Waals surface area contributed by atoms with Crippen LogP contribution in [0.5, 0.6) is 0 Å². The van der Waals surface area contributed by atoms with Gasteiger partial charge in [0.25, 0.3) is 0 Å². The first-order valence-corrected chi connectivity index (χ1v) is 10.4. The Bertz CT molecular complexity index is 1150. The largest absolute Gasteiger partial charge is 0.463 e. The molecule has 3 rings (SSSR count). The molecule has 0 spiro atoms. The van der Waals surface area contributed by atoms with Gasteiger partial charge in [-0.05, 0) is 49.7 Å². The van der Waals surface area contributed by atoms with Crippen LogP contribution in [0.15, 0.2) is 75.8 Å². The summed E-state index contributed by atoms with van der Waals surface area (Å²) in [6.07, 6.45) is -4.56. The molecule has 2 aromatic rings. The SMILES string of the molecule is [C-]#[N+]C1=C(C)N(c2cccc(C(F)(F)F)c2)C(N)=C(C(=O)OCC)C1c1ccc(Br)cc1. The number of nitrogens with two attached hydrogens (primary N) is 1. The lowest BCUT2D eigenvalue weighted by Gasteiger charge is -2.36. The van der Waals surface area contributed by atoms with Crippen LogP contribution in [-0.4, -0.2) is 12.6 Å². The van der Waals surface area contributed by atoms with E-state index in [9.17, 15) is 18.0 Å². The lowest BCUT2D eigenvalue weighted by Crippen LogP contribution is -2.37. The first-order valence-electron chi connectivity index (χ1n) is 9.58. The number of hydrogen-bond donors (Lipinski definition) is 1. The summed E-state index contributed by atoms with van der Waals surface area (Å²) in [5.74, 6) is -1.63. The van der Waals surface area contributed by atoms with Gasteiger partial charge in [0, 0.05) is 15.9 Å². The molecule has 0 saturated heterocycles. The second-order valence-corrected chi connectivity index (χ2v) is 7.89. The molecule has 0 fully saturated rings. The van der Waals surface area contributed by atoms with Crippen molar-refractivity contribution in [1.82, 2.24) is 0 Å². The van der Waals surface area contributed by atoms with E-state index in [1.54, 1.807) is 38.1 Å². The normalized spacial score (nSPS) is 16.8. The average molecular weight is 506 g/mol. The van der Waals surface area contributed by atoms with Crippen LogP contribution in [0, 0.1) is 6.57 Å². The van der Waals surface area contributed by atoms with Crippen LogP contribution in [-0.2, 0) is 15.7 Å². The maximum atomic E-state index is 13.3. The third kappa shape index (κ3) is 4.36. The first kappa shape index (κ1) is 23.4. The molecule has 32 heavy (non-hydrogen) atoms. The zero-order valence-corrected chi connectivity index (χ0v) is 18.8. The molecule has 0 aliphatic carbocycles. The minimum Gasteiger partial charge on any atom is -0.463 e. The molecular weight excluding hydrogens is 487 g/mol. The van der Waals surface area contributed by atoms with Crippen LogP contribution < -0.4 is 10.6 Å². The van der Waals surface area contributed by atoms with Crippen molar-refractivity contribution in [3.8, 4) is 0 Å². The predicted octanol–water partition coefficient (Wildman–Crippen LogP) is 5.96. The van der Waals surface area contributed by atoms with Gasteiger partial charge in [0.15, 0.2) is 5.70 Å². The Balaban J connectivity index is 2.27. The minimum absolute atomic E-state index is 0.00295. The number of esters is 1. The van der Waals surface area contributed by atoms with E-state index in [4.69, 9.17) is 17.0 Å². The predicted molar refractivity (Wildman–Crippen MR) is 118 cm³/mol. The standard InChI is InChI=1S/C23H19BrF3N3O2/c1-4-32-22(31)19-18(14-8-10-16(24)11-9-14)20(29-3)13(2)30(21(19)28)17-7-5-6-15(12-17)23(25,26)27/h5-12,18H,4,28H2,1-2H3. The topological polar surface area (TPSA) is 59.9 Å². The summed E-state index contributed by atoms with van der Waals surface area (Å²) >= 11 is 3.36. The fourth-order valence-corrected chi connectivity index (χ4v) is 3.88. The Morgan fingerprint density at radius 1 is 1.25 bits per heavy atom. The summed E-state index contributed by atoms with van der Waals surface area (Å²) in [7, 11) is 0. The van der Waals surface area contributed by atoms with E-state index in [-0.39, 0.29) is 29.4 Å². The fraction of sp³-hybridized carbons (Fsp3) is 0.217. The number of halogens is 4. The molecule has 2 N–H and O–H groups in total. The highest BCUT2D eigenvalue weighted by Crippen LogP contribution is 2.44. The van der Waals surface area contributed by atoms with E-state index in [2.05, 4.69) is 20.8 Å². The minimum atomic E-state index is -4.56. The second-order valence-electron chi connectivity index (χ2n) is 6.97. The van der Waals surface area contributed by atoms with Crippen molar-refractivity contribution >= 4 is 27.6 Å². The van der Waals surface area contributed by atoms with Gasteiger partial charge in [-0.15, -0.1) is 0 Å². The number of rotatable bonds is 4. The summed E-state index contributed by atoms with van der Waals surface area (Å²) in [5.41, 5.74) is 6.75. The van der Waals surface area contributed by atoms with E-state index in [1.165, 1.54) is 17.0 Å². The van der Waals surface area contributed by atoms with E-state index in [1.807, 2.05) is 0 Å². The molecule has 1 atom stereocenters. The number of benzene rings is 2. The second kappa shape index (κ2) is 9.09. The molecule has 2 aromatic carbocycles. The fourth-order valence-electron chi connectivity index (χ4n) is 3.62. The van der Waals surface area contributed by atoms with Crippen molar-refractivity contribution in [2.45, 2.75) is 25.9 Å². The van der Waals surface area contributed by atoms with Crippen LogP contribution in [0.4, 0.5) is 18.9 Å². The van der Waals surface area contributed by atoms with Crippen molar-refractivity contribution < 1.29 is 22.7 Å². The molecule has 0 aromatic heterocycles. The molecule has 0 bridgehead atoms. The van der Waals surface area contributed by atoms with Crippen LogP contribution >= 0.6 is 15.9 Å². The number of hydrogen-bond acceptors (Lipinski definition) is 4. The quantitative estimate of drug-likeness (QED) is 0.411. The van der Waals surface area contributed by atoms with Gasteiger partial charge < -0.3 is 15.4 Å². The Labute approximate surface area is 191 Å². The van der Waals surface area contributed by atoms with E-state index in [0.29, 0.717) is 11.3 Å². The van der Waals surface area contributed by atoms with Crippen molar-refractivity contribution in [3.05, 3.63) is 98.3 Å². The van der Waals surface area contributed by atoms with Gasteiger partial charge in [-0.3, -0.25) is 0 Å². The van der Waals surface area contributed by atoms with E-state index in [0.717, 1.165) is 16.6 Å². The first-order chi connectivity index (χ1) is 15.1. The summed E-state index contributed by atoms with van der Waals surface area (Å²) in [5, 5.41) is 0. The zero-order valence-electron chi connectivity index (χ0n) is 17.2. The van der Waals surface area contributed by atoms with Gasteiger partial charge in [0.2, 0.25) is 0 Å². The number of nitrogens with zero attached hydrogens (tertiary/aromatic N) is 2. The van der Waals surface area contributed by atoms with Crippen LogP contribution in [0.3, 0.4) is 0 Å². The summed E-state index contributed by atoms with van der Waals surface area (Å²) in [6, 6.07) is 11.6. The molecular formula is C23H19BrF3N3O2. The van der Waals surface area contributed by atoms with E-state index >= 15 is 0 Å². The van der Waals surface area contributed by atoms with Gasteiger partial charge in [0.1, 0.15) is 5.82 Å². The van der Waals surface area contributed by atoms with Crippen molar-refractivity contribution in [3.63, 3.8) is 0 Å². The molecule has 1 unspecified atom stereocenters. The third-order valence-electron chi connectivity index (χ3n) is 5.04. The Kier molecular flexibility index (Phi) is 6.65. The monoisotopic (exact) mass is 505 g/mol. The van der Waals surface area contributed by atoms with Crippen molar-refractivity contribution in [2.24, 2.45) is 5.73 Å². The van der Waals surface area contributed by atoms with Crippen molar-refractivity contribution in [2.75, 3.05) is 11.5 Å². The summed E-state index contributed by atoms with van der Waals surface area (Å²) < 4.78 is 45.9.